The Hall–Kier alpha value is -2.36. The van der Waals surface area contributed by atoms with Crippen LogP contribution in [0.1, 0.15) is 25.4 Å². The summed E-state index contributed by atoms with van der Waals surface area (Å²) >= 11 is 0. The molecule has 104 valence electrons. The van der Waals surface area contributed by atoms with Gasteiger partial charge in [-0.15, -0.1) is 0 Å². The molecule has 0 aliphatic heterocycles. The molecule has 4 heteroatoms. The molecule has 20 heavy (non-hydrogen) atoms. The van der Waals surface area contributed by atoms with Crippen LogP contribution in [0.25, 0.3) is 11.1 Å². The number of para-hydroxylation sites is 2. The first kappa shape index (κ1) is 14.1. The first-order valence-electron chi connectivity index (χ1n) is 6.72. The van der Waals surface area contributed by atoms with E-state index in [1.807, 2.05) is 63.2 Å². The van der Waals surface area contributed by atoms with E-state index in [0.29, 0.717) is 11.8 Å². The molecule has 0 spiro atoms. The molecule has 0 aliphatic carbocycles. The summed E-state index contributed by atoms with van der Waals surface area (Å²) in [5, 5.41) is 0. The molecule has 0 saturated carbocycles. The van der Waals surface area contributed by atoms with Crippen molar-refractivity contribution in [1.82, 2.24) is 9.97 Å². The Labute approximate surface area is 118 Å². The van der Waals surface area contributed by atoms with Crippen LogP contribution in [0.3, 0.4) is 0 Å². The fourth-order valence-corrected chi connectivity index (χ4v) is 1.72. The van der Waals surface area contributed by atoms with Crippen molar-refractivity contribution >= 4 is 11.1 Å². The summed E-state index contributed by atoms with van der Waals surface area (Å²) in [5.74, 6) is 1.14. The summed E-state index contributed by atoms with van der Waals surface area (Å²) in [6, 6.07) is 13.3. The van der Waals surface area contributed by atoms with Crippen molar-refractivity contribution in [2.24, 2.45) is 0 Å². The summed E-state index contributed by atoms with van der Waals surface area (Å²) < 4.78 is 11.1. The Morgan fingerprint density at radius 2 is 1.80 bits per heavy atom. The van der Waals surface area contributed by atoms with E-state index in [0.717, 1.165) is 16.8 Å². The van der Waals surface area contributed by atoms with E-state index in [1.54, 1.807) is 0 Å². The highest BCUT2D eigenvalue weighted by atomic mass is 16.5. The Bertz CT molecular complexity index is 644. The summed E-state index contributed by atoms with van der Waals surface area (Å²) in [6.45, 7) is 6.21. The van der Waals surface area contributed by atoms with Crippen LogP contribution in [0, 0.1) is 6.92 Å². The van der Waals surface area contributed by atoms with Crippen LogP contribution in [-0.2, 0) is 6.61 Å². The molecule has 2 aromatic heterocycles. The van der Waals surface area contributed by atoms with Crippen molar-refractivity contribution in [3.05, 3.63) is 54.0 Å². The maximum atomic E-state index is 5.56. The minimum atomic E-state index is 0.283. The van der Waals surface area contributed by atoms with E-state index in [1.165, 1.54) is 0 Å². The van der Waals surface area contributed by atoms with E-state index >= 15 is 0 Å². The van der Waals surface area contributed by atoms with Gasteiger partial charge in [0.05, 0.1) is 0 Å². The molecule has 3 rings (SSSR count). The minimum absolute atomic E-state index is 0.283. The molecule has 0 fully saturated rings. The van der Waals surface area contributed by atoms with Gasteiger partial charge in [0, 0.05) is 11.8 Å². The molecule has 0 radical (unpaired) electrons. The van der Waals surface area contributed by atoms with Crippen LogP contribution < -0.4 is 4.74 Å². The zero-order valence-corrected chi connectivity index (χ0v) is 12.0. The van der Waals surface area contributed by atoms with Crippen molar-refractivity contribution in [3.8, 4) is 5.88 Å². The van der Waals surface area contributed by atoms with E-state index in [2.05, 4.69) is 9.97 Å². The van der Waals surface area contributed by atoms with Gasteiger partial charge >= 0.3 is 0 Å². The smallest absolute Gasteiger partial charge is 0.233 e. The van der Waals surface area contributed by atoms with Gasteiger partial charge in [-0.05, 0) is 25.1 Å². The normalized spacial score (nSPS) is 9.95. The molecule has 4 nitrogen and oxygen atoms in total. The largest absolute Gasteiger partial charge is 0.468 e. The van der Waals surface area contributed by atoms with E-state index < -0.39 is 0 Å². The zero-order chi connectivity index (χ0) is 14.4. The number of oxazole rings is 1. The highest BCUT2D eigenvalue weighted by Crippen LogP contribution is 2.16. The first-order valence-corrected chi connectivity index (χ1v) is 6.72. The lowest BCUT2D eigenvalue weighted by atomic mass is 10.3. The van der Waals surface area contributed by atoms with Crippen molar-refractivity contribution < 1.29 is 9.15 Å². The lowest BCUT2D eigenvalue weighted by Crippen LogP contribution is -1.97. The predicted molar refractivity (Wildman–Crippen MR) is 78.7 cm³/mol. The van der Waals surface area contributed by atoms with E-state index in [-0.39, 0.29) is 6.61 Å². The van der Waals surface area contributed by atoms with Gasteiger partial charge in [-0.1, -0.05) is 32.0 Å². The standard InChI is InChI=1S/C14H12N2O2.C2H6/c1-10-5-4-8-13(15-10)17-9-14-16-11-6-2-3-7-12(11)18-14;1-2/h2-8H,9H2,1H3;1-2H3. The number of nitrogens with zero attached hydrogens (tertiary/aromatic N) is 2. The third-order valence-electron chi connectivity index (χ3n) is 2.54. The summed E-state index contributed by atoms with van der Waals surface area (Å²) in [6.07, 6.45) is 0. The van der Waals surface area contributed by atoms with Crippen molar-refractivity contribution in [2.45, 2.75) is 27.4 Å². The van der Waals surface area contributed by atoms with Gasteiger partial charge in [0.25, 0.3) is 0 Å². The highest BCUT2D eigenvalue weighted by Gasteiger charge is 2.05. The lowest BCUT2D eigenvalue weighted by Gasteiger charge is -2.02. The average Bonchev–Trinajstić information content (AvgIpc) is 2.90. The molecule has 0 amide bonds. The van der Waals surface area contributed by atoms with Crippen LogP contribution in [0.5, 0.6) is 5.88 Å². The topological polar surface area (TPSA) is 48.2 Å². The minimum Gasteiger partial charge on any atom is -0.468 e. The number of hydrogen-bond acceptors (Lipinski definition) is 4. The molecule has 0 atom stereocenters. The van der Waals surface area contributed by atoms with E-state index in [4.69, 9.17) is 9.15 Å². The number of hydrogen-bond donors (Lipinski definition) is 0. The Morgan fingerprint density at radius 3 is 2.55 bits per heavy atom. The van der Waals surface area contributed by atoms with Crippen molar-refractivity contribution in [1.29, 1.82) is 0 Å². The lowest BCUT2D eigenvalue weighted by molar-refractivity contribution is 0.257. The number of ether oxygens (including phenoxy) is 1. The summed E-state index contributed by atoms with van der Waals surface area (Å²) in [5.41, 5.74) is 2.53. The second kappa shape index (κ2) is 6.70. The number of rotatable bonds is 3. The first-order chi connectivity index (χ1) is 9.81. The maximum absolute atomic E-state index is 5.56. The quantitative estimate of drug-likeness (QED) is 0.717. The molecule has 3 aromatic rings. The average molecular weight is 270 g/mol. The van der Waals surface area contributed by atoms with Gasteiger partial charge in [-0.2, -0.15) is 0 Å². The van der Waals surface area contributed by atoms with Gasteiger partial charge in [0.2, 0.25) is 11.8 Å². The third kappa shape index (κ3) is 3.35. The van der Waals surface area contributed by atoms with Gasteiger partial charge in [-0.25, -0.2) is 9.97 Å². The van der Waals surface area contributed by atoms with Crippen LogP contribution in [0.4, 0.5) is 0 Å². The van der Waals surface area contributed by atoms with Crippen LogP contribution >= 0.6 is 0 Å². The number of aryl methyl sites for hydroxylation is 1. The SMILES string of the molecule is CC.Cc1cccc(OCc2nc3ccccc3o2)n1. The Balaban J connectivity index is 0.000000704. The van der Waals surface area contributed by atoms with Crippen LogP contribution in [-0.4, -0.2) is 9.97 Å². The van der Waals surface area contributed by atoms with Gasteiger partial charge in [-0.3, -0.25) is 0 Å². The molecular weight excluding hydrogens is 252 g/mol. The molecule has 0 N–H and O–H groups in total. The van der Waals surface area contributed by atoms with Crippen LogP contribution in [0.15, 0.2) is 46.9 Å². The second-order valence-corrected chi connectivity index (χ2v) is 3.98. The highest BCUT2D eigenvalue weighted by molar-refractivity contribution is 5.72. The monoisotopic (exact) mass is 270 g/mol. The Kier molecular flexibility index (Phi) is 4.71. The van der Waals surface area contributed by atoms with E-state index in [9.17, 15) is 0 Å². The van der Waals surface area contributed by atoms with Crippen molar-refractivity contribution in [2.75, 3.05) is 0 Å². The fourth-order valence-electron chi connectivity index (χ4n) is 1.72. The third-order valence-corrected chi connectivity index (χ3v) is 2.54. The van der Waals surface area contributed by atoms with Crippen LogP contribution in [0.2, 0.25) is 0 Å². The summed E-state index contributed by atoms with van der Waals surface area (Å²) in [7, 11) is 0. The number of aromatic nitrogens is 2. The Morgan fingerprint density at radius 1 is 1.00 bits per heavy atom. The van der Waals surface area contributed by atoms with Gasteiger partial charge < -0.3 is 9.15 Å². The number of pyridine rings is 1. The molecule has 0 aliphatic rings. The number of fused-ring (bicyclic) bond motifs is 1. The van der Waals surface area contributed by atoms with Gasteiger partial charge in [0.15, 0.2) is 12.2 Å². The molecule has 1 aromatic carbocycles. The summed E-state index contributed by atoms with van der Waals surface area (Å²) in [4.78, 5) is 8.58. The molecule has 0 unspecified atom stereocenters. The number of benzene rings is 1. The molecule has 0 bridgehead atoms. The molecule has 2 heterocycles. The zero-order valence-electron chi connectivity index (χ0n) is 12.0. The van der Waals surface area contributed by atoms with Gasteiger partial charge in [0.1, 0.15) is 5.52 Å². The molecule has 0 saturated heterocycles. The van der Waals surface area contributed by atoms with Crippen molar-refractivity contribution in [3.63, 3.8) is 0 Å². The predicted octanol–water partition coefficient (Wildman–Crippen LogP) is 4.14. The molecular formula is C16H18N2O2. The fraction of sp³-hybridized carbons (Fsp3) is 0.250. The second-order valence-electron chi connectivity index (χ2n) is 3.98. The maximum Gasteiger partial charge on any atom is 0.233 e.